The lowest BCUT2D eigenvalue weighted by atomic mass is 9.90. The Morgan fingerprint density at radius 2 is 2.00 bits per heavy atom. The van der Waals surface area contributed by atoms with Gasteiger partial charge in [0.25, 0.3) is 5.91 Å². The first-order chi connectivity index (χ1) is 14.5. The molecule has 30 heavy (non-hydrogen) atoms. The summed E-state index contributed by atoms with van der Waals surface area (Å²) in [4.78, 5) is 16.0. The van der Waals surface area contributed by atoms with Gasteiger partial charge in [-0.3, -0.25) is 9.52 Å². The van der Waals surface area contributed by atoms with Gasteiger partial charge in [-0.15, -0.1) is 0 Å². The van der Waals surface area contributed by atoms with Gasteiger partial charge in [-0.1, -0.05) is 35.9 Å². The van der Waals surface area contributed by atoms with E-state index in [-0.39, 0.29) is 11.7 Å². The Balaban J connectivity index is 1.51. The number of aromatic hydroxyl groups is 1. The topological polar surface area (TPSA) is 79.3 Å². The van der Waals surface area contributed by atoms with Crippen LogP contribution in [-0.4, -0.2) is 20.2 Å². The highest BCUT2D eigenvalue weighted by Crippen LogP contribution is 2.43. The van der Waals surface area contributed by atoms with Crippen LogP contribution < -0.4 is 4.72 Å². The predicted molar refractivity (Wildman–Crippen MR) is 117 cm³/mol. The minimum absolute atomic E-state index is 0.0232. The second-order valence-corrected chi connectivity index (χ2v) is 8.92. The highest BCUT2D eigenvalue weighted by atomic mass is 35.5. The van der Waals surface area contributed by atoms with Crippen LogP contribution in [0, 0.1) is 0 Å². The highest BCUT2D eigenvalue weighted by molar-refractivity contribution is 7.94. The summed E-state index contributed by atoms with van der Waals surface area (Å²) in [6, 6.07) is 15.4. The molecule has 2 atom stereocenters. The Kier molecular flexibility index (Phi) is 4.68. The molecule has 1 aromatic heterocycles. The van der Waals surface area contributed by atoms with Gasteiger partial charge in [0, 0.05) is 29.3 Å². The number of fused-ring (bicyclic) bond motifs is 1. The zero-order valence-electron chi connectivity index (χ0n) is 15.8. The normalized spacial score (nSPS) is 20.0. The Morgan fingerprint density at radius 3 is 2.70 bits per heavy atom. The first-order valence-electron chi connectivity index (χ1n) is 9.52. The lowest BCUT2D eigenvalue weighted by Gasteiger charge is -2.15. The molecule has 1 aliphatic heterocycles. The molecule has 1 aliphatic carbocycles. The van der Waals surface area contributed by atoms with E-state index in [1.165, 1.54) is 17.2 Å². The number of phenolic OH excluding ortho intramolecular Hbond substituents is 1. The average Bonchev–Trinajstić information content (AvgIpc) is 3.31. The number of hydrogen-bond acceptors (Lipinski definition) is 4. The molecule has 1 amide bonds. The summed E-state index contributed by atoms with van der Waals surface area (Å²) >= 11 is 5.93. The zero-order valence-corrected chi connectivity index (χ0v) is 17.3. The van der Waals surface area contributed by atoms with Gasteiger partial charge in [0.2, 0.25) is 0 Å². The lowest BCUT2D eigenvalue weighted by Crippen LogP contribution is -2.16. The van der Waals surface area contributed by atoms with E-state index in [2.05, 4.69) is 21.8 Å². The van der Waals surface area contributed by atoms with Crippen LogP contribution in [-0.2, 0) is 22.2 Å². The molecule has 5 nitrogen and oxygen atoms in total. The second kappa shape index (κ2) is 7.38. The second-order valence-electron chi connectivity index (χ2n) is 7.35. The molecule has 2 heterocycles. The molecular weight excluding hydrogens is 420 g/mol. The van der Waals surface area contributed by atoms with E-state index >= 15 is 0 Å². The van der Waals surface area contributed by atoms with Crippen molar-refractivity contribution in [3.8, 4) is 16.9 Å². The van der Waals surface area contributed by atoms with Gasteiger partial charge in [0.15, 0.2) is 11.0 Å². The Morgan fingerprint density at radius 1 is 1.13 bits per heavy atom. The van der Waals surface area contributed by atoms with Crippen LogP contribution in [0.5, 0.6) is 5.75 Å². The van der Waals surface area contributed by atoms with Crippen LogP contribution in [0.1, 0.15) is 34.6 Å². The number of nitrogens with one attached hydrogen (secondary N) is 1. The maximum atomic E-state index is 12.0. The average molecular weight is 437 g/mol. The molecule has 2 N–H and O–H groups in total. The van der Waals surface area contributed by atoms with Gasteiger partial charge in [-0.25, -0.2) is 9.19 Å². The number of benzene rings is 2. The standard InChI is InChI=1S/C23H17ClN2O3S/c24-22-9-5-14(12-25-22)15-2-1-3-17-16(7-8-18(15)17)13-4-6-19(20(27)10-13)21-11-23(28)26-30(21)29/h1-6,9-12,16,27H,7-8H2,(H,26,28)/t16-,30?/m1/s1. The zero-order chi connectivity index (χ0) is 20.8. The molecular formula is C23H17ClN2O3S. The van der Waals surface area contributed by atoms with Crippen LogP contribution in [0.4, 0.5) is 0 Å². The largest absolute Gasteiger partial charge is 0.507 e. The van der Waals surface area contributed by atoms with Gasteiger partial charge in [-0.05, 0) is 59.4 Å². The fourth-order valence-corrected chi connectivity index (χ4v) is 5.36. The molecule has 2 aromatic carbocycles. The summed E-state index contributed by atoms with van der Waals surface area (Å²) in [6.07, 6.45) is 4.91. The van der Waals surface area contributed by atoms with E-state index in [0.29, 0.717) is 15.6 Å². The number of nitrogens with zero attached hydrogens (tertiary/aromatic N) is 1. The summed E-state index contributed by atoms with van der Waals surface area (Å²) in [5, 5.41) is 11.1. The number of pyridine rings is 1. The van der Waals surface area contributed by atoms with Crippen molar-refractivity contribution in [2.24, 2.45) is 0 Å². The number of phenols is 1. The van der Waals surface area contributed by atoms with E-state index in [4.69, 9.17) is 11.6 Å². The number of hydrogen-bond donors (Lipinski definition) is 2. The van der Waals surface area contributed by atoms with Crippen molar-refractivity contribution in [2.45, 2.75) is 18.8 Å². The Hall–Kier alpha value is -2.96. The summed E-state index contributed by atoms with van der Waals surface area (Å²) < 4.78 is 14.3. The number of halogens is 1. The van der Waals surface area contributed by atoms with E-state index < -0.39 is 16.9 Å². The molecule has 0 spiro atoms. The van der Waals surface area contributed by atoms with Crippen molar-refractivity contribution in [1.82, 2.24) is 9.71 Å². The molecule has 150 valence electrons. The number of carbonyl (C=O) groups excluding carboxylic acids is 1. The van der Waals surface area contributed by atoms with Crippen molar-refractivity contribution in [3.63, 3.8) is 0 Å². The maximum absolute atomic E-state index is 12.0. The maximum Gasteiger partial charge on any atom is 0.257 e. The van der Waals surface area contributed by atoms with Crippen LogP contribution in [0.2, 0.25) is 5.15 Å². The SMILES string of the molecule is O=C1C=C(c2ccc([C@H]3CCc4c(-c5ccc(Cl)nc5)cccc43)cc2O)S(=O)N1. The van der Waals surface area contributed by atoms with Crippen molar-refractivity contribution in [2.75, 3.05) is 0 Å². The molecule has 7 heteroatoms. The molecule has 0 bridgehead atoms. The fourth-order valence-electron chi connectivity index (χ4n) is 4.31. The van der Waals surface area contributed by atoms with Crippen molar-refractivity contribution < 1.29 is 14.1 Å². The molecule has 2 aliphatic rings. The van der Waals surface area contributed by atoms with Crippen molar-refractivity contribution in [3.05, 3.63) is 88.2 Å². The first kappa shape index (κ1) is 19.0. The van der Waals surface area contributed by atoms with Crippen LogP contribution in [0.3, 0.4) is 0 Å². The van der Waals surface area contributed by atoms with Gasteiger partial charge in [0.05, 0.1) is 4.91 Å². The van der Waals surface area contributed by atoms with Gasteiger partial charge < -0.3 is 5.11 Å². The van der Waals surface area contributed by atoms with Gasteiger partial charge >= 0.3 is 0 Å². The van der Waals surface area contributed by atoms with Gasteiger partial charge in [0.1, 0.15) is 10.9 Å². The molecule has 0 saturated heterocycles. The summed E-state index contributed by atoms with van der Waals surface area (Å²) in [5.74, 6) is -0.237. The summed E-state index contributed by atoms with van der Waals surface area (Å²) in [6.45, 7) is 0. The first-order valence-corrected chi connectivity index (χ1v) is 11.0. The fraction of sp³-hybridized carbons (Fsp3) is 0.130. The van der Waals surface area contributed by atoms with E-state index in [1.54, 1.807) is 24.4 Å². The minimum Gasteiger partial charge on any atom is -0.507 e. The summed E-state index contributed by atoms with van der Waals surface area (Å²) in [5.41, 5.74) is 6.10. The number of rotatable bonds is 3. The monoisotopic (exact) mass is 436 g/mol. The third-order valence-electron chi connectivity index (χ3n) is 5.65. The third kappa shape index (κ3) is 3.22. The summed E-state index contributed by atoms with van der Waals surface area (Å²) in [7, 11) is -1.64. The van der Waals surface area contributed by atoms with Gasteiger partial charge in [-0.2, -0.15) is 0 Å². The predicted octanol–water partition coefficient (Wildman–Crippen LogP) is 4.32. The Bertz CT molecular complexity index is 1240. The van der Waals surface area contributed by atoms with Crippen LogP contribution >= 0.6 is 11.6 Å². The smallest absolute Gasteiger partial charge is 0.257 e. The molecule has 3 aromatic rings. The highest BCUT2D eigenvalue weighted by Gasteiger charge is 2.28. The van der Waals surface area contributed by atoms with Crippen LogP contribution in [0.15, 0.2) is 60.8 Å². The van der Waals surface area contributed by atoms with Crippen molar-refractivity contribution >= 4 is 33.4 Å². The molecule has 0 saturated carbocycles. The third-order valence-corrected chi connectivity index (χ3v) is 7.00. The minimum atomic E-state index is -1.64. The van der Waals surface area contributed by atoms with Crippen LogP contribution in [0.25, 0.3) is 16.0 Å². The molecule has 0 radical (unpaired) electrons. The number of aromatic nitrogens is 1. The van der Waals surface area contributed by atoms with E-state index in [1.807, 2.05) is 18.2 Å². The number of amides is 1. The molecule has 0 fully saturated rings. The van der Waals surface area contributed by atoms with E-state index in [0.717, 1.165) is 29.5 Å². The van der Waals surface area contributed by atoms with E-state index in [9.17, 15) is 14.1 Å². The number of carbonyl (C=O) groups is 1. The molecule has 1 unspecified atom stereocenters. The van der Waals surface area contributed by atoms with Crippen molar-refractivity contribution in [1.29, 1.82) is 0 Å². The lowest BCUT2D eigenvalue weighted by molar-refractivity contribution is -0.114. The quantitative estimate of drug-likeness (QED) is 0.599. The molecule has 5 rings (SSSR count). The Labute approximate surface area is 181 Å².